The molecule has 0 aliphatic carbocycles. The number of sulfonamides is 1. The van der Waals surface area contributed by atoms with Crippen LogP contribution in [0.1, 0.15) is 31.7 Å². The van der Waals surface area contributed by atoms with E-state index in [1.807, 2.05) is 6.92 Å². The highest BCUT2D eigenvalue weighted by Gasteiger charge is 2.42. The van der Waals surface area contributed by atoms with Crippen molar-refractivity contribution in [1.82, 2.24) is 5.32 Å². The van der Waals surface area contributed by atoms with Crippen molar-refractivity contribution in [1.29, 1.82) is 0 Å². The van der Waals surface area contributed by atoms with Crippen LogP contribution in [0.25, 0.3) is 0 Å². The summed E-state index contributed by atoms with van der Waals surface area (Å²) in [5, 5.41) is 13.1. The maximum absolute atomic E-state index is 12.5. The van der Waals surface area contributed by atoms with Crippen molar-refractivity contribution < 1.29 is 22.9 Å². The number of nitro groups is 1. The van der Waals surface area contributed by atoms with Gasteiger partial charge in [-0.05, 0) is 42.7 Å². The normalized spacial score (nSPS) is 19.5. The van der Waals surface area contributed by atoms with Gasteiger partial charge in [0.15, 0.2) is 0 Å². The molecule has 0 saturated carbocycles. The van der Waals surface area contributed by atoms with E-state index in [4.69, 9.17) is 0 Å². The van der Waals surface area contributed by atoms with Crippen molar-refractivity contribution >= 4 is 33.2 Å². The number of nitrogens with one attached hydrogen (secondary N) is 2. The average Bonchev–Trinajstić information content (AvgIpc) is 2.69. The first-order valence-electron chi connectivity index (χ1n) is 8.90. The van der Waals surface area contributed by atoms with E-state index >= 15 is 0 Å². The molecule has 0 spiro atoms. The van der Waals surface area contributed by atoms with Crippen LogP contribution in [0.3, 0.4) is 0 Å². The fraction of sp³-hybridized carbons (Fsp3) is 0.263. The SMILES string of the molecule is CCC1(c2ccc(NS(=O)(=O)c3ccc([N+](=O)[O-])cc3)cc2)CCC(=O)NC1=O. The van der Waals surface area contributed by atoms with E-state index in [1.54, 1.807) is 24.3 Å². The van der Waals surface area contributed by atoms with Crippen molar-refractivity contribution in [3.63, 3.8) is 0 Å². The van der Waals surface area contributed by atoms with Crippen LogP contribution in [-0.4, -0.2) is 25.2 Å². The highest BCUT2D eigenvalue weighted by Crippen LogP contribution is 2.36. The lowest BCUT2D eigenvalue weighted by molar-refractivity contribution is -0.384. The second-order valence-corrected chi connectivity index (χ2v) is 8.43. The molecule has 152 valence electrons. The van der Waals surface area contributed by atoms with Crippen LogP contribution in [0.15, 0.2) is 53.4 Å². The number of carbonyl (C=O) groups excluding carboxylic acids is 2. The topological polar surface area (TPSA) is 135 Å². The van der Waals surface area contributed by atoms with Crippen LogP contribution in [-0.2, 0) is 25.0 Å². The van der Waals surface area contributed by atoms with Gasteiger partial charge in [0.05, 0.1) is 15.2 Å². The lowest BCUT2D eigenvalue weighted by Gasteiger charge is -2.35. The third-order valence-electron chi connectivity index (χ3n) is 5.12. The molecule has 2 aromatic rings. The Hall–Kier alpha value is -3.27. The molecule has 2 N–H and O–H groups in total. The Morgan fingerprint density at radius 3 is 2.24 bits per heavy atom. The molecule has 0 radical (unpaired) electrons. The van der Waals surface area contributed by atoms with Gasteiger partial charge in [0, 0.05) is 24.2 Å². The van der Waals surface area contributed by atoms with Gasteiger partial charge in [-0.1, -0.05) is 19.1 Å². The van der Waals surface area contributed by atoms with E-state index in [0.717, 1.165) is 24.3 Å². The van der Waals surface area contributed by atoms with Gasteiger partial charge in [-0.25, -0.2) is 8.42 Å². The molecule has 1 fully saturated rings. The van der Waals surface area contributed by atoms with Crippen molar-refractivity contribution in [2.24, 2.45) is 0 Å². The van der Waals surface area contributed by atoms with Gasteiger partial charge in [0.1, 0.15) is 0 Å². The first kappa shape index (κ1) is 20.5. The summed E-state index contributed by atoms with van der Waals surface area (Å²) in [6.45, 7) is 1.86. The fourth-order valence-electron chi connectivity index (χ4n) is 3.38. The summed E-state index contributed by atoms with van der Waals surface area (Å²) in [6.07, 6.45) is 1.14. The Morgan fingerprint density at radius 1 is 1.10 bits per heavy atom. The molecule has 3 rings (SSSR count). The zero-order valence-corrected chi connectivity index (χ0v) is 16.4. The third kappa shape index (κ3) is 3.97. The summed E-state index contributed by atoms with van der Waals surface area (Å²) >= 11 is 0. The Kier molecular flexibility index (Phi) is 5.38. The van der Waals surface area contributed by atoms with Gasteiger partial charge in [-0.3, -0.25) is 29.7 Å². The molecule has 1 heterocycles. The second kappa shape index (κ2) is 7.63. The number of nitro benzene ring substituents is 1. The van der Waals surface area contributed by atoms with E-state index in [2.05, 4.69) is 10.0 Å². The van der Waals surface area contributed by atoms with Crippen LogP contribution < -0.4 is 10.0 Å². The Labute approximate surface area is 167 Å². The molecule has 0 bridgehead atoms. The van der Waals surface area contributed by atoms with Gasteiger partial charge >= 0.3 is 0 Å². The summed E-state index contributed by atoms with van der Waals surface area (Å²) in [7, 11) is -3.93. The second-order valence-electron chi connectivity index (χ2n) is 6.75. The number of amides is 2. The molecule has 1 aliphatic heterocycles. The number of nitrogens with zero attached hydrogens (tertiary/aromatic N) is 1. The number of benzene rings is 2. The molecule has 1 atom stereocenters. The highest BCUT2D eigenvalue weighted by molar-refractivity contribution is 7.92. The van der Waals surface area contributed by atoms with Gasteiger partial charge in [-0.2, -0.15) is 0 Å². The minimum atomic E-state index is -3.93. The molecule has 1 aliphatic rings. The van der Waals surface area contributed by atoms with E-state index in [9.17, 15) is 28.1 Å². The monoisotopic (exact) mass is 417 g/mol. The lowest BCUT2D eigenvalue weighted by Crippen LogP contribution is -2.51. The van der Waals surface area contributed by atoms with Crippen LogP contribution in [0.2, 0.25) is 0 Å². The average molecular weight is 417 g/mol. The number of non-ortho nitro benzene ring substituents is 1. The molecule has 0 aromatic heterocycles. The van der Waals surface area contributed by atoms with Gasteiger partial charge in [-0.15, -0.1) is 0 Å². The van der Waals surface area contributed by atoms with Gasteiger partial charge < -0.3 is 0 Å². The first-order valence-corrected chi connectivity index (χ1v) is 10.4. The summed E-state index contributed by atoms with van der Waals surface area (Å²) in [4.78, 5) is 33.9. The zero-order chi connectivity index (χ0) is 21.2. The van der Waals surface area contributed by atoms with Crippen molar-refractivity contribution in [3.8, 4) is 0 Å². The Bertz CT molecular complexity index is 1060. The fourth-order valence-corrected chi connectivity index (χ4v) is 4.44. The smallest absolute Gasteiger partial charge is 0.269 e. The molecular formula is C19H19N3O6S. The predicted octanol–water partition coefficient (Wildman–Crippen LogP) is 2.48. The number of piperidine rings is 1. The molecular weight excluding hydrogens is 398 g/mol. The predicted molar refractivity (Wildman–Crippen MR) is 105 cm³/mol. The number of imide groups is 1. The molecule has 29 heavy (non-hydrogen) atoms. The van der Waals surface area contributed by atoms with Gasteiger partial charge in [0.25, 0.3) is 15.7 Å². The van der Waals surface area contributed by atoms with E-state index in [0.29, 0.717) is 18.4 Å². The quantitative estimate of drug-likeness (QED) is 0.421. The summed E-state index contributed by atoms with van der Waals surface area (Å²) < 4.78 is 27.4. The van der Waals surface area contributed by atoms with E-state index < -0.39 is 20.4 Å². The van der Waals surface area contributed by atoms with Crippen molar-refractivity contribution in [3.05, 3.63) is 64.2 Å². The van der Waals surface area contributed by atoms with Crippen LogP contribution >= 0.6 is 0 Å². The molecule has 1 unspecified atom stereocenters. The highest BCUT2D eigenvalue weighted by atomic mass is 32.2. The first-order chi connectivity index (χ1) is 13.7. The molecule has 2 amide bonds. The largest absolute Gasteiger partial charge is 0.296 e. The molecule has 2 aromatic carbocycles. The van der Waals surface area contributed by atoms with Gasteiger partial charge in [0.2, 0.25) is 11.8 Å². The minimum absolute atomic E-state index is 0.109. The Morgan fingerprint density at radius 2 is 1.72 bits per heavy atom. The molecule has 10 heteroatoms. The minimum Gasteiger partial charge on any atom is -0.296 e. The number of rotatable bonds is 6. The summed E-state index contributed by atoms with van der Waals surface area (Å²) in [6, 6.07) is 10.9. The van der Waals surface area contributed by atoms with Crippen molar-refractivity contribution in [2.75, 3.05) is 4.72 Å². The number of anilines is 1. The number of carbonyl (C=O) groups is 2. The Balaban J connectivity index is 1.82. The van der Waals surface area contributed by atoms with Crippen LogP contribution in [0.4, 0.5) is 11.4 Å². The van der Waals surface area contributed by atoms with E-state index in [1.165, 1.54) is 0 Å². The standard InChI is InChI=1S/C19H19N3O6S/c1-2-19(12-11-17(23)20-18(19)24)13-3-5-14(6-4-13)21-29(27,28)16-9-7-15(8-10-16)22(25)26/h3-10,21H,2,11-12H2,1H3,(H,20,23,24). The lowest BCUT2D eigenvalue weighted by atomic mass is 9.72. The maximum Gasteiger partial charge on any atom is 0.269 e. The summed E-state index contributed by atoms with van der Waals surface area (Å²) in [5.41, 5.74) is -0.0553. The van der Waals surface area contributed by atoms with Crippen LogP contribution in [0.5, 0.6) is 0 Å². The molecule has 1 saturated heterocycles. The zero-order valence-electron chi connectivity index (χ0n) is 15.5. The van der Waals surface area contributed by atoms with Crippen molar-refractivity contribution in [2.45, 2.75) is 36.5 Å². The van der Waals surface area contributed by atoms with E-state index in [-0.39, 0.29) is 34.5 Å². The van der Waals surface area contributed by atoms with Crippen LogP contribution in [0, 0.1) is 10.1 Å². The number of hydrogen-bond donors (Lipinski definition) is 2. The number of hydrogen-bond acceptors (Lipinski definition) is 6. The third-order valence-corrected chi connectivity index (χ3v) is 6.51. The molecule has 9 nitrogen and oxygen atoms in total. The summed E-state index contributed by atoms with van der Waals surface area (Å²) in [5.74, 6) is -0.651. The maximum atomic E-state index is 12.5.